The number of aromatic nitrogens is 1. The molecule has 0 radical (unpaired) electrons. The second kappa shape index (κ2) is 3.70. The van der Waals surface area contributed by atoms with Gasteiger partial charge >= 0.3 is 0 Å². The summed E-state index contributed by atoms with van der Waals surface area (Å²) in [5.74, 6) is 0. The number of rotatable bonds is 2. The molecule has 0 atom stereocenters. The third-order valence-electron chi connectivity index (χ3n) is 3.74. The van der Waals surface area contributed by atoms with E-state index < -0.39 is 0 Å². The Hall–Kier alpha value is -1.15. The van der Waals surface area contributed by atoms with Crippen LogP contribution in [0.4, 0.5) is 0 Å². The zero-order chi connectivity index (χ0) is 11.0. The molecule has 1 fully saturated rings. The molecule has 0 aliphatic heterocycles. The Bertz CT molecular complexity index is 430. The van der Waals surface area contributed by atoms with Crippen LogP contribution in [-0.2, 0) is 5.54 Å². The van der Waals surface area contributed by atoms with Gasteiger partial charge in [0.1, 0.15) is 0 Å². The van der Waals surface area contributed by atoms with E-state index in [9.17, 15) is 0 Å². The van der Waals surface area contributed by atoms with Gasteiger partial charge in [-0.3, -0.25) is 4.98 Å². The van der Waals surface area contributed by atoms with Crippen molar-refractivity contribution in [3.05, 3.63) is 35.7 Å². The van der Waals surface area contributed by atoms with Gasteiger partial charge in [0, 0.05) is 11.7 Å². The van der Waals surface area contributed by atoms with Crippen LogP contribution in [-0.4, -0.2) is 4.98 Å². The average Bonchev–Trinajstić information content (AvgIpc) is 3.10. The van der Waals surface area contributed by atoms with Crippen molar-refractivity contribution in [2.24, 2.45) is 5.73 Å². The smallest absolute Gasteiger partial charge is 0.0661 e. The Balaban J connectivity index is 1.92. The molecule has 0 spiro atoms. The van der Waals surface area contributed by atoms with Crippen LogP contribution >= 0.6 is 0 Å². The molecule has 2 N–H and O–H groups in total. The normalized spacial score (nSPS) is 22.7. The van der Waals surface area contributed by atoms with Gasteiger partial charge in [0.05, 0.1) is 5.69 Å². The van der Waals surface area contributed by atoms with E-state index in [2.05, 4.69) is 23.2 Å². The molecule has 2 heteroatoms. The van der Waals surface area contributed by atoms with Crippen LogP contribution in [0, 0.1) is 0 Å². The fraction of sp³-hybridized carbons (Fsp3) is 0.500. The lowest BCUT2D eigenvalue weighted by Crippen LogP contribution is -2.18. The standard InChI is InChI=1S/C14H18N2/c15-14(7-8-14)12-6-9-16-13(10-12)11-4-2-1-3-5-11/h4,6,9-10H,1-3,5,7-8,15H2. The maximum Gasteiger partial charge on any atom is 0.0661 e. The van der Waals surface area contributed by atoms with Gasteiger partial charge in [-0.05, 0) is 61.8 Å². The number of pyridine rings is 1. The first kappa shape index (κ1) is 10.0. The fourth-order valence-corrected chi connectivity index (χ4v) is 2.41. The second-order valence-corrected chi connectivity index (χ2v) is 5.06. The van der Waals surface area contributed by atoms with Gasteiger partial charge in [0.2, 0.25) is 0 Å². The minimum atomic E-state index is -0.0348. The van der Waals surface area contributed by atoms with E-state index in [0.717, 1.165) is 18.5 Å². The average molecular weight is 214 g/mol. The van der Waals surface area contributed by atoms with Crippen molar-refractivity contribution in [2.45, 2.75) is 44.1 Å². The molecule has 1 saturated carbocycles. The summed E-state index contributed by atoms with van der Waals surface area (Å²) in [6.07, 6.45) is 11.5. The molecule has 1 aromatic rings. The third kappa shape index (κ3) is 1.78. The van der Waals surface area contributed by atoms with E-state index in [1.54, 1.807) is 0 Å². The molecular formula is C14H18N2. The van der Waals surface area contributed by atoms with Crippen molar-refractivity contribution >= 4 is 5.57 Å². The van der Waals surface area contributed by atoms with E-state index >= 15 is 0 Å². The van der Waals surface area contributed by atoms with Gasteiger partial charge < -0.3 is 5.73 Å². The predicted octanol–water partition coefficient (Wildman–Crippen LogP) is 2.99. The molecule has 0 aromatic carbocycles. The lowest BCUT2D eigenvalue weighted by molar-refractivity contribution is 0.729. The van der Waals surface area contributed by atoms with Crippen LogP contribution in [0.1, 0.15) is 49.8 Å². The zero-order valence-electron chi connectivity index (χ0n) is 9.58. The van der Waals surface area contributed by atoms with Gasteiger partial charge in [0.25, 0.3) is 0 Å². The topological polar surface area (TPSA) is 38.9 Å². The summed E-state index contributed by atoms with van der Waals surface area (Å²) in [5, 5.41) is 0. The lowest BCUT2D eigenvalue weighted by Gasteiger charge is -2.14. The first-order valence-corrected chi connectivity index (χ1v) is 6.23. The number of nitrogens with zero attached hydrogens (tertiary/aromatic N) is 1. The van der Waals surface area contributed by atoms with Crippen molar-refractivity contribution < 1.29 is 0 Å². The highest BCUT2D eigenvalue weighted by Crippen LogP contribution is 2.43. The molecule has 2 nitrogen and oxygen atoms in total. The van der Waals surface area contributed by atoms with Crippen LogP contribution in [0.15, 0.2) is 24.4 Å². The minimum Gasteiger partial charge on any atom is -0.321 e. The largest absolute Gasteiger partial charge is 0.321 e. The number of hydrogen-bond acceptors (Lipinski definition) is 2. The predicted molar refractivity (Wildman–Crippen MR) is 65.8 cm³/mol. The molecular weight excluding hydrogens is 196 g/mol. The molecule has 1 heterocycles. The van der Waals surface area contributed by atoms with E-state index in [0.29, 0.717) is 0 Å². The van der Waals surface area contributed by atoms with Gasteiger partial charge in [0.15, 0.2) is 0 Å². The van der Waals surface area contributed by atoms with Crippen molar-refractivity contribution in [1.82, 2.24) is 4.98 Å². The Morgan fingerprint density at radius 2 is 2.12 bits per heavy atom. The highest BCUT2D eigenvalue weighted by Gasteiger charge is 2.40. The summed E-state index contributed by atoms with van der Waals surface area (Å²) in [6.45, 7) is 0. The van der Waals surface area contributed by atoms with Crippen molar-refractivity contribution in [2.75, 3.05) is 0 Å². The summed E-state index contributed by atoms with van der Waals surface area (Å²) in [6, 6.07) is 4.27. The Morgan fingerprint density at radius 3 is 2.81 bits per heavy atom. The first-order valence-electron chi connectivity index (χ1n) is 6.23. The van der Waals surface area contributed by atoms with Crippen molar-refractivity contribution in [3.8, 4) is 0 Å². The zero-order valence-corrected chi connectivity index (χ0v) is 9.58. The number of nitrogens with two attached hydrogens (primary N) is 1. The first-order chi connectivity index (χ1) is 7.78. The number of allylic oxidation sites excluding steroid dienone is 2. The Labute approximate surface area is 96.6 Å². The SMILES string of the molecule is NC1(c2ccnc(C3=CCCCC3)c2)CC1. The van der Waals surface area contributed by atoms with Gasteiger partial charge in [-0.2, -0.15) is 0 Å². The summed E-state index contributed by atoms with van der Waals surface area (Å²) in [4.78, 5) is 4.48. The monoisotopic (exact) mass is 214 g/mol. The molecule has 84 valence electrons. The summed E-state index contributed by atoms with van der Waals surface area (Å²) >= 11 is 0. The lowest BCUT2D eigenvalue weighted by atomic mass is 9.95. The molecule has 0 amide bonds. The Morgan fingerprint density at radius 1 is 1.25 bits per heavy atom. The molecule has 0 bridgehead atoms. The molecule has 1 aromatic heterocycles. The van der Waals surface area contributed by atoms with E-state index in [1.165, 1.54) is 36.8 Å². The summed E-state index contributed by atoms with van der Waals surface area (Å²) in [7, 11) is 0. The Kier molecular flexibility index (Phi) is 2.32. The number of hydrogen-bond donors (Lipinski definition) is 1. The summed E-state index contributed by atoms with van der Waals surface area (Å²) in [5.41, 5.74) is 10.0. The van der Waals surface area contributed by atoms with Crippen LogP contribution < -0.4 is 5.73 Å². The van der Waals surface area contributed by atoms with Gasteiger partial charge in [-0.1, -0.05) is 6.08 Å². The molecule has 0 unspecified atom stereocenters. The fourth-order valence-electron chi connectivity index (χ4n) is 2.41. The molecule has 16 heavy (non-hydrogen) atoms. The third-order valence-corrected chi connectivity index (χ3v) is 3.74. The van der Waals surface area contributed by atoms with Crippen LogP contribution in [0.25, 0.3) is 5.57 Å². The van der Waals surface area contributed by atoms with Gasteiger partial charge in [-0.25, -0.2) is 0 Å². The van der Waals surface area contributed by atoms with Crippen LogP contribution in [0.2, 0.25) is 0 Å². The van der Waals surface area contributed by atoms with E-state index in [4.69, 9.17) is 5.73 Å². The minimum absolute atomic E-state index is 0.0348. The maximum atomic E-state index is 6.22. The maximum absolute atomic E-state index is 6.22. The second-order valence-electron chi connectivity index (χ2n) is 5.06. The highest BCUT2D eigenvalue weighted by molar-refractivity contribution is 5.64. The van der Waals surface area contributed by atoms with Crippen LogP contribution in [0.3, 0.4) is 0 Å². The highest BCUT2D eigenvalue weighted by atomic mass is 14.8. The van der Waals surface area contributed by atoms with Gasteiger partial charge in [-0.15, -0.1) is 0 Å². The quantitative estimate of drug-likeness (QED) is 0.822. The van der Waals surface area contributed by atoms with Crippen LogP contribution in [0.5, 0.6) is 0 Å². The molecule has 0 saturated heterocycles. The van der Waals surface area contributed by atoms with Crippen molar-refractivity contribution in [1.29, 1.82) is 0 Å². The molecule has 2 aliphatic rings. The molecule has 2 aliphatic carbocycles. The summed E-state index contributed by atoms with van der Waals surface area (Å²) < 4.78 is 0. The van der Waals surface area contributed by atoms with E-state index in [-0.39, 0.29) is 5.54 Å². The molecule has 3 rings (SSSR count). The van der Waals surface area contributed by atoms with E-state index in [1.807, 2.05) is 6.20 Å². The van der Waals surface area contributed by atoms with Crippen molar-refractivity contribution in [3.63, 3.8) is 0 Å².